The van der Waals surface area contributed by atoms with Crippen molar-refractivity contribution in [3.05, 3.63) is 180 Å². The predicted octanol–water partition coefficient (Wildman–Crippen LogP) is 19.7. The normalized spacial score (nSPS) is 12.7. The Bertz CT molecular complexity index is 3840. The zero-order valence-corrected chi connectivity index (χ0v) is 40.0. The fraction of sp³-hybridized carbons (Fsp3) is 0.182. The van der Waals surface area contributed by atoms with Gasteiger partial charge >= 0.3 is 0 Å². The van der Waals surface area contributed by atoms with E-state index in [-0.39, 0.29) is 10.8 Å². The molecule has 0 N–H and O–H groups in total. The summed E-state index contributed by atoms with van der Waals surface area (Å²) < 4.78 is 0. The fourth-order valence-electron chi connectivity index (χ4n) is 11.6. The van der Waals surface area contributed by atoms with E-state index in [4.69, 9.17) is 0 Å². The molecule has 0 radical (unpaired) electrons. The van der Waals surface area contributed by atoms with E-state index in [1.165, 1.54) is 152 Å². The summed E-state index contributed by atoms with van der Waals surface area (Å²) in [4.78, 5) is 0. The number of rotatable bonds is 2. The van der Waals surface area contributed by atoms with Crippen molar-refractivity contribution < 1.29 is 0 Å². The Morgan fingerprint density at radius 2 is 0.591 bits per heavy atom. The van der Waals surface area contributed by atoms with E-state index < -0.39 is 0 Å². The molecule has 0 fully saturated rings. The van der Waals surface area contributed by atoms with Crippen LogP contribution in [0.5, 0.6) is 0 Å². The third-order valence-corrected chi connectivity index (χ3v) is 14.9. The minimum atomic E-state index is 0.0295. The highest BCUT2D eigenvalue weighted by atomic mass is 14.3. The third-order valence-electron chi connectivity index (χ3n) is 14.9. The van der Waals surface area contributed by atoms with Crippen molar-refractivity contribution in [2.75, 3.05) is 0 Å². The lowest BCUT2D eigenvalue weighted by atomic mass is 9.82. The summed E-state index contributed by atoms with van der Waals surface area (Å²) in [6.07, 6.45) is 0. The van der Waals surface area contributed by atoms with E-state index in [1.54, 1.807) is 0 Å². The summed E-state index contributed by atoms with van der Waals surface area (Å²) in [5, 5.41) is 26.8. The maximum atomic E-state index is 2.59. The summed E-state index contributed by atoms with van der Waals surface area (Å²) in [5.74, 6) is 0. The highest BCUT2D eigenvalue weighted by Gasteiger charge is 2.28. The van der Waals surface area contributed by atoms with Gasteiger partial charge in [0.05, 0.1) is 0 Å². The van der Waals surface area contributed by atoms with Crippen LogP contribution in [0.1, 0.15) is 77.6 Å². The molecule has 0 unspecified atom stereocenters. The van der Waals surface area contributed by atoms with Crippen LogP contribution < -0.4 is 0 Å². The van der Waals surface area contributed by atoms with Gasteiger partial charge in [0.1, 0.15) is 0 Å². The molecule has 0 heteroatoms. The van der Waals surface area contributed by atoms with Crippen molar-refractivity contribution in [3.8, 4) is 22.3 Å². The lowest BCUT2D eigenvalue weighted by Gasteiger charge is -2.21. The van der Waals surface area contributed by atoms with Gasteiger partial charge in [-0.1, -0.05) is 200 Å². The molecule has 0 aliphatic rings. The number of hydrogen-bond acceptors (Lipinski definition) is 0. The molecule has 13 rings (SSSR count). The first-order valence-corrected chi connectivity index (χ1v) is 24.1. The van der Waals surface area contributed by atoms with Gasteiger partial charge in [-0.15, -0.1) is 0 Å². The topological polar surface area (TPSA) is 0 Å². The summed E-state index contributed by atoms with van der Waals surface area (Å²) in [5.41, 5.74) is 10.4. The summed E-state index contributed by atoms with van der Waals surface area (Å²) in [6, 6.07) is 61.6. The molecule has 0 aliphatic carbocycles. The van der Waals surface area contributed by atoms with E-state index in [9.17, 15) is 0 Å². The highest BCUT2D eigenvalue weighted by Crippen LogP contribution is 2.56. The average molecular weight is 849 g/mol. The number of fused-ring (bicyclic) bond motifs is 16. The first-order valence-electron chi connectivity index (χ1n) is 24.1. The van der Waals surface area contributed by atoms with Gasteiger partial charge in [0.25, 0.3) is 0 Å². The van der Waals surface area contributed by atoms with Gasteiger partial charge in [-0.25, -0.2) is 0 Å². The lowest BCUT2D eigenvalue weighted by molar-refractivity contribution is 0.591. The number of hydrogen-bond donors (Lipinski definition) is 0. The van der Waals surface area contributed by atoms with Crippen LogP contribution in [0.25, 0.3) is 130 Å². The fourth-order valence-corrected chi connectivity index (χ4v) is 11.6. The minimum Gasteiger partial charge on any atom is -0.0683 e. The average Bonchev–Trinajstić information content (AvgIpc) is 3.85. The van der Waals surface area contributed by atoms with E-state index in [0.29, 0.717) is 0 Å². The van der Waals surface area contributed by atoms with E-state index >= 15 is 0 Å². The molecule has 0 heterocycles. The maximum absolute atomic E-state index is 2.59. The molecule has 0 saturated carbocycles. The Labute approximate surface area is 388 Å². The van der Waals surface area contributed by atoms with Crippen molar-refractivity contribution in [2.45, 2.75) is 80.1 Å². The Balaban J connectivity index is 0.00000225. The smallest absolute Gasteiger partial charge is 0.000696 e. The highest BCUT2D eigenvalue weighted by molar-refractivity contribution is 6.54. The van der Waals surface area contributed by atoms with Crippen molar-refractivity contribution in [2.24, 2.45) is 0 Å². The van der Waals surface area contributed by atoms with Gasteiger partial charge in [0.2, 0.25) is 0 Å². The SMILES string of the molecule is CC.Cc1ccc(-c2cc3cc(C(C)(C)C)ccc3c3c2cc2c4c5ccccc5c5c6c(cc(c7c8ccccc8c3c27)c45)c(-c2ccc(C)cc2)cc2cc(C(C)(C)C)ccc26)cc1. The van der Waals surface area contributed by atoms with Crippen molar-refractivity contribution in [1.29, 1.82) is 0 Å². The molecule has 0 nitrogen and oxygen atoms in total. The van der Waals surface area contributed by atoms with Gasteiger partial charge in [0.15, 0.2) is 0 Å². The first-order chi connectivity index (χ1) is 31.8. The van der Waals surface area contributed by atoms with Crippen molar-refractivity contribution in [1.82, 2.24) is 0 Å². The minimum absolute atomic E-state index is 0.0295. The molecule has 0 aliphatic heterocycles. The molecule has 0 spiro atoms. The van der Waals surface area contributed by atoms with E-state index in [2.05, 4.69) is 213 Å². The van der Waals surface area contributed by atoms with Gasteiger partial charge in [-0.2, -0.15) is 0 Å². The molecule has 0 saturated heterocycles. The van der Waals surface area contributed by atoms with Gasteiger partial charge in [-0.05, 0) is 190 Å². The zero-order valence-electron chi connectivity index (χ0n) is 40.0. The van der Waals surface area contributed by atoms with Crippen molar-refractivity contribution >= 4 is 108 Å². The number of aryl methyl sites for hydroxylation is 2. The predicted molar refractivity (Wildman–Crippen MR) is 293 cm³/mol. The third kappa shape index (κ3) is 5.70. The number of benzene rings is 11. The van der Waals surface area contributed by atoms with Gasteiger partial charge < -0.3 is 0 Å². The molecule has 13 aromatic carbocycles. The molecule has 320 valence electrons. The van der Waals surface area contributed by atoms with Crippen LogP contribution in [0.2, 0.25) is 0 Å². The quantitative estimate of drug-likeness (QED) is 0.120. The molecule has 66 heavy (non-hydrogen) atoms. The molecular formula is C66H56. The zero-order chi connectivity index (χ0) is 45.6. The van der Waals surface area contributed by atoms with Crippen LogP contribution in [0.3, 0.4) is 0 Å². The Hall–Kier alpha value is -7.02. The van der Waals surface area contributed by atoms with E-state index in [0.717, 1.165) is 0 Å². The molecule has 0 aromatic heterocycles. The summed E-state index contributed by atoms with van der Waals surface area (Å²) >= 11 is 0. The van der Waals surface area contributed by atoms with Gasteiger partial charge in [0, 0.05) is 0 Å². The van der Waals surface area contributed by atoms with Crippen LogP contribution >= 0.6 is 0 Å². The monoisotopic (exact) mass is 848 g/mol. The standard InChI is InChI=1S/C64H50.C2H6/c1-35-17-21-37(22-18-35)49-31-39-29-41(63(3,4)5)25-27-43(39)55-51(49)33-53-57-46-14-10-12-16-48(46)60-56-44-28-26-42(64(6,7)8)30-40(44)32-50(38-23-19-36(2)20-24-38)52(56)34-54(62(57)60)58-45-13-9-11-15-47(45)59(55)61(53)58;1-2/h9-34H,1-8H3;1-2H3. The summed E-state index contributed by atoms with van der Waals surface area (Å²) in [6.45, 7) is 22.3. The summed E-state index contributed by atoms with van der Waals surface area (Å²) in [7, 11) is 0. The second-order valence-electron chi connectivity index (χ2n) is 21.0. The van der Waals surface area contributed by atoms with Crippen LogP contribution in [0, 0.1) is 13.8 Å². The second-order valence-corrected chi connectivity index (χ2v) is 21.0. The van der Waals surface area contributed by atoms with Crippen LogP contribution in [0.15, 0.2) is 158 Å². The van der Waals surface area contributed by atoms with Crippen LogP contribution in [-0.4, -0.2) is 0 Å². The van der Waals surface area contributed by atoms with Crippen LogP contribution in [-0.2, 0) is 10.8 Å². The lowest BCUT2D eigenvalue weighted by Crippen LogP contribution is -2.10. The Morgan fingerprint density at radius 1 is 0.273 bits per heavy atom. The molecule has 0 amide bonds. The molecule has 13 aromatic rings. The Kier molecular flexibility index (Phi) is 8.73. The molecule has 0 bridgehead atoms. The maximum Gasteiger partial charge on any atom is -0.000696 e. The Morgan fingerprint density at radius 3 is 0.939 bits per heavy atom. The van der Waals surface area contributed by atoms with Gasteiger partial charge in [-0.3, -0.25) is 0 Å². The van der Waals surface area contributed by atoms with Crippen LogP contribution in [0.4, 0.5) is 0 Å². The molecule has 0 atom stereocenters. The largest absolute Gasteiger partial charge is 0.0683 e. The second kappa shape index (κ2) is 14.2. The molecular weight excluding hydrogens is 793 g/mol. The van der Waals surface area contributed by atoms with E-state index in [1.807, 2.05) is 13.8 Å². The van der Waals surface area contributed by atoms with Crippen molar-refractivity contribution in [3.63, 3.8) is 0 Å². The first kappa shape index (κ1) is 40.5.